The Morgan fingerprint density at radius 3 is 2.80 bits per heavy atom. The molecule has 3 saturated heterocycles. The molecule has 6 rings (SSSR count). The first-order valence-electron chi connectivity index (χ1n) is 10.6. The van der Waals surface area contributed by atoms with E-state index in [4.69, 9.17) is 9.47 Å². The molecule has 0 bridgehead atoms. The zero-order valence-electron chi connectivity index (χ0n) is 16.7. The molecule has 0 spiro atoms. The smallest absolute Gasteiger partial charge is 0.162 e. The van der Waals surface area contributed by atoms with Crippen LogP contribution in [0.25, 0.3) is 10.9 Å². The highest BCUT2D eigenvalue weighted by molar-refractivity contribution is 7.09. The van der Waals surface area contributed by atoms with Crippen LogP contribution in [0, 0.1) is 5.92 Å². The molecule has 3 fully saturated rings. The summed E-state index contributed by atoms with van der Waals surface area (Å²) in [6.07, 6.45) is 4.13. The Labute approximate surface area is 178 Å². The van der Waals surface area contributed by atoms with Crippen molar-refractivity contribution in [1.29, 1.82) is 0 Å². The first-order chi connectivity index (χ1) is 14.8. The van der Waals surface area contributed by atoms with E-state index in [0.717, 1.165) is 80.6 Å². The summed E-state index contributed by atoms with van der Waals surface area (Å²) in [5.41, 5.74) is 1.86. The number of hydrogen-bond acceptors (Lipinski definition) is 9. The molecule has 156 valence electrons. The van der Waals surface area contributed by atoms with Gasteiger partial charge in [-0.05, 0) is 36.3 Å². The molecule has 1 aromatic carbocycles. The van der Waals surface area contributed by atoms with E-state index >= 15 is 0 Å². The number of benzene rings is 1. The molecular formula is C21H24N6O2S. The lowest BCUT2D eigenvalue weighted by Gasteiger charge is -2.36. The van der Waals surface area contributed by atoms with E-state index in [1.807, 2.05) is 11.6 Å². The van der Waals surface area contributed by atoms with E-state index < -0.39 is 0 Å². The van der Waals surface area contributed by atoms with E-state index in [-0.39, 0.29) is 5.60 Å². The van der Waals surface area contributed by atoms with Crippen LogP contribution in [0.3, 0.4) is 0 Å². The summed E-state index contributed by atoms with van der Waals surface area (Å²) in [5.74, 6) is 1.34. The SMILES string of the molecule is c1csc([C@]2([C@H]3CCCN(c4nnnc5cc(N6CCOCC6)ccc45)C3)CO2)n1. The van der Waals surface area contributed by atoms with Gasteiger partial charge >= 0.3 is 0 Å². The van der Waals surface area contributed by atoms with Gasteiger partial charge in [0.25, 0.3) is 0 Å². The van der Waals surface area contributed by atoms with E-state index in [1.54, 1.807) is 11.3 Å². The van der Waals surface area contributed by atoms with Gasteiger partial charge < -0.3 is 19.3 Å². The van der Waals surface area contributed by atoms with Gasteiger partial charge in [-0.25, -0.2) is 4.98 Å². The number of anilines is 2. The number of aromatic nitrogens is 4. The Morgan fingerprint density at radius 2 is 2.00 bits per heavy atom. The number of rotatable bonds is 4. The van der Waals surface area contributed by atoms with Crippen molar-refractivity contribution in [3.05, 3.63) is 34.8 Å². The van der Waals surface area contributed by atoms with Crippen molar-refractivity contribution >= 4 is 33.7 Å². The lowest BCUT2D eigenvalue weighted by molar-refractivity contribution is 0.122. The van der Waals surface area contributed by atoms with Gasteiger partial charge in [0.05, 0.1) is 19.8 Å². The van der Waals surface area contributed by atoms with Gasteiger partial charge in [-0.3, -0.25) is 0 Å². The number of fused-ring (bicyclic) bond motifs is 1. The number of thiazole rings is 1. The number of ether oxygens (including phenoxy) is 2. The summed E-state index contributed by atoms with van der Waals surface area (Å²) >= 11 is 1.69. The van der Waals surface area contributed by atoms with Crippen LogP contribution in [-0.4, -0.2) is 66.4 Å². The second-order valence-electron chi connectivity index (χ2n) is 8.21. The molecule has 0 saturated carbocycles. The van der Waals surface area contributed by atoms with Crippen LogP contribution in [0.2, 0.25) is 0 Å². The van der Waals surface area contributed by atoms with Gasteiger partial charge in [0.1, 0.15) is 16.1 Å². The molecule has 3 aliphatic rings. The van der Waals surface area contributed by atoms with Crippen LogP contribution in [0.15, 0.2) is 29.8 Å². The lowest BCUT2D eigenvalue weighted by Crippen LogP contribution is -2.41. The molecule has 0 unspecified atom stereocenters. The third-order valence-electron chi connectivity index (χ3n) is 6.52. The summed E-state index contributed by atoms with van der Waals surface area (Å²) in [4.78, 5) is 9.25. The summed E-state index contributed by atoms with van der Waals surface area (Å²) < 4.78 is 11.5. The number of morpholine rings is 1. The number of piperidine rings is 1. The molecule has 2 atom stereocenters. The fraction of sp³-hybridized carbons (Fsp3) is 0.524. The lowest BCUT2D eigenvalue weighted by atomic mass is 9.85. The maximum absolute atomic E-state index is 5.99. The first kappa shape index (κ1) is 18.4. The van der Waals surface area contributed by atoms with Crippen LogP contribution in [0.4, 0.5) is 11.5 Å². The molecule has 3 aromatic rings. The average molecular weight is 425 g/mol. The van der Waals surface area contributed by atoms with Crippen molar-refractivity contribution in [2.75, 3.05) is 55.8 Å². The maximum Gasteiger partial charge on any atom is 0.162 e. The minimum absolute atomic E-state index is 0.202. The van der Waals surface area contributed by atoms with E-state index in [1.165, 1.54) is 5.69 Å². The fourth-order valence-corrected chi connectivity index (χ4v) is 5.66. The molecule has 0 N–H and O–H groups in total. The van der Waals surface area contributed by atoms with Crippen molar-refractivity contribution in [3.8, 4) is 0 Å². The first-order valence-corrected chi connectivity index (χ1v) is 11.5. The Hall–Kier alpha value is -2.36. The molecule has 3 aliphatic heterocycles. The maximum atomic E-state index is 5.99. The Morgan fingerprint density at radius 1 is 1.10 bits per heavy atom. The van der Waals surface area contributed by atoms with Crippen molar-refractivity contribution in [2.24, 2.45) is 5.92 Å². The molecule has 2 aromatic heterocycles. The molecule has 5 heterocycles. The van der Waals surface area contributed by atoms with Gasteiger partial charge in [0.2, 0.25) is 0 Å². The summed E-state index contributed by atoms with van der Waals surface area (Å²) in [7, 11) is 0. The molecular weight excluding hydrogens is 400 g/mol. The molecule has 8 nitrogen and oxygen atoms in total. The Balaban J connectivity index is 1.29. The highest BCUT2D eigenvalue weighted by atomic mass is 32.1. The predicted octanol–water partition coefficient (Wildman–Crippen LogP) is 2.46. The zero-order chi connectivity index (χ0) is 20.0. The van der Waals surface area contributed by atoms with Gasteiger partial charge in [0.15, 0.2) is 5.82 Å². The van der Waals surface area contributed by atoms with Crippen molar-refractivity contribution < 1.29 is 9.47 Å². The third kappa shape index (κ3) is 3.12. The number of hydrogen-bond donors (Lipinski definition) is 0. The highest BCUT2D eigenvalue weighted by Gasteiger charge is 2.55. The summed E-state index contributed by atoms with van der Waals surface area (Å²) in [6, 6.07) is 6.44. The standard InChI is InChI=1S/C21H24N6O2S/c1-2-15(21(14-29-21)20-22-5-11-30-20)13-27(6-1)19-17-4-3-16(12-18(17)23-25-24-19)26-7-9-28-10-8-26/h3-5,11-12,15H,1-2,6-10,13-14H2/t15-,21+/m0/s1. The highest BCUT2D eigenvalue weighted by Crippen LogP contribution is 2.49. The van der Waals surface area contributed by atoms with Crippen molar-refractivity contribution in [1.82, 2.24) is 20.4 Å². The monoisotopic (exact) mass is 424 g/mol. The second kappa shape index (κ2) is 7.40. The van der Waals surface area contributed by atoms with E-state index in [0.29, 0.717) is 5.92 Å². The van der Waals surface area contributed by atoms with Gasteiger partial charge in [0, 0.05) is 54.7 Å². The second-order valence-corrected chi connectivity index (χ2v) is 9.11. The molecule has 9 heteroatoms. The van der Waals surface area contributed by atoms with Crippen LogP contribution in [0.1, 0.15) is 17.8 Å². The fourth-order valence-electron chi connectivity index (χ4n) is 4.80. The zero-order valence-corrected chi connectivity index (χ0v) is 17.6. The van der Waals surface area contributed by atoms with Crippen molar-refractivity contribution in [3.63, 3.8) is 0 Å². The predicted molar refractivity (Wildman–Crippen MR) is 115 cm³/mol. The van der Waals surface area contributed by atoms with E-state index in [2.05, 4.69) is 48.4 Å². The molecule has 0 radical (unpaired) electrons. The minimum atomic E-state index is -0.202. The Kier molecular flexibility index (Phi) is 4.54. The summed E-state index contributed by atoms with van der Waals surface area (Å²) in [6.45, 7) is 5.99. The number of nitrogens with zero attached hydrogens (tertiary/aromatic N) is 6. The quantitative estimate of drug-likeness (QED) is 0.591. The third-order valence-corrected chi connectivity index (χ3v) is 7.45. The molecule has 0 aliphatic carbocycles. The normalized spacial score (nSPS) is 26.9. The van der Waals surface area contributed by atoms with Crippen LogP contribution < -0.4 is 9.80 Å². The van der Waals surface area contributed by atoms with Crippen molar-refractivity contribution in [2.45, 2.75) is 18.4 Å². The molecule has 0 amide bonds. The van der Waals surface area contributed by atoms with Crippen LogP contribution >= 0.6 is 11.3 Å². The van der Waals surface area contributed by atoms with Gasteiger partial charge in [-0.1, -0.05) is 0 Å². The van der Waals surface area contributed by atoms with Crippen LogP contribution in [-0.2, 0) is 15.1 Å². The average Bonchev–Trinajstić information content (AvgIpc) is 3.44. The largest absolute Gasteiger partial charge is 0.378 e. The van der Waals surface area contributed by atoms with Crippen LogP contribution in [0.5, 0.6) is 0 Å². The summed E-state index contributed by atoms with van der Waals surface area (Å²) in [5, 5.41) is 17.1. The minimum Gasteiger partial charge on any atom is -0.378 e. The Bertz CT molecular complexity index is 1040. The molecule has 30 heavy (non-hydrogen) atoms. The number of epoxide rings is 1. The van der Waals surface area contributed by atoms with E-state index in [9.17, 15) is 0 Å². The topological polar surface area (TPSA) is 79.8 Å². The van der Waals surface area contributed by atoms with Gasteiger partial charge in [-0.2, -0.15) is 0 Å². The van der Waals surface area contributed by atoms with Gasteiger partial charge in [-0.15, -0.1) is 21.5 Å².